The summed E-state index contributed by atoms with van der Waals surface area (Å²) in [6.07, 6.45) is 1.34. The third-order valence-corrected chi connectivity index (χ3v) is 4.36. The van der Waals surface area contributed by atoms with Crippen LogP contribution in [0.5, 0.6) is 11.5 Å². The first-order chi connectivity index (χ1) is 13.4. The first-order valence-corrected chi connectivity index (χ1v) is 8.34. The number of aromatic nitrogens is 4. The molecule has 28 heavy (non-hydrogen) atoms. The Morgan fingerprint density at radius 1 is 1.07 bits per heavy atom. The fraction of sp³-hybridized carbons (Fsp3) is 0.333. The number of methoxy groups -OCH3 is 2. The Hall–Kier alpha value is -3.56. The van der Waals surface area contributed by atoms with Gasteiger partial charge in [0.05, 0.1) is 20.5 Å². The molecule has 0 atom stereocenters. The van der Waals surface area contributed by atoms with Crippen molar-refractivity contribution in [3.63, 3.8) is 0 Å². The van der Waals surface area contributed by atoms with Crippen LogP contribution in [0.25, 0.3) is 11.2 Å². The van der Waals surface area contributed by atoms with Gasteiger partial charge in [-0.2, -0.15) is 0 Å². The molecule has 0 aliphatic heterocycles. The van der Waals surface area contributed by atoms with Crippen molar-refractivity contribution >= 4 is 17.1 Å². The second-order valence-corrected chi connectivity index (χ2v) is 6.10. The molecule has 0 radical (unpaired) electrons. The van der Waals surface area contributed by atoms with Crippen LogP contribution in [0.15, 0.2) is 34.1 Å². The Bertz CT molecular complexity index is 1160. The number of ether oxygens (including phenoxy) is 3. The van der Waals surface area contributed by atoms with E-state index >= 15 is 0 Å². The summed E-state index contributed by atoms with van der Waals surface area (Å²) in [6.45, 7) is -0.181. The first-order valence-electron chi connectivity index (χ1n) is 8.34. The lowest BCUT2D eigenvalue weighted by atomic mass is 10.2. The van der Waals surface area contributed by atoms with Gasteiger partial charge in [-0.25, -0.2) is 9.78 Å². The summed E-state index contributed by atoms with van der Waals surface area (Å²) in [4.78, 5) is 40.7. The standard InChI is InChI=1S/C18H20N4O6/c1-20-16-15(17(24)21(2)18(20)25)22(10-19-16)8-14(23)28-9-11-5-6-12(26-3)13(7-11)27-4/h5-7,10H,8-9H2,1-4H3. The summed E-state index contributed by atoms with van der Waals surface area (Å²) in [5.41, 5.74) is 0.0790. The number of carbonyl (C=O) groups is 1. The summed E-state index contributed by atoms with van der Waals surface area (Å²) in [5.74, 6) is 0.551. The molecule has 0 saturated heterocycles. The smallest absolute Gasteiger partial charge is 0.332 e. The van der Waals surface area contributed by atoms with Gasteiger partial charge in [0.15, 0.2) is 22.7 Å². The molecular formula is C18H20N4O6. The third-order valence-electron chi connectivity index (χ3n) is 4.36. The second-order valence-electron chi connectivity index (χ2n) is 6.10. The van der Waals surface area contributed by atoms with E-state index in [0.717, 1.165) is 10.1 Å². The van der Waals surface area contributed by atoms with Gasteiger partial charge < -0.3 is 18.8 Å². The van der Waals surface area contributed by atoms with Crippen LogP contribution in [0.1, 0.15) is 5.56 Å². The monoisotopic (exact) mass is 388 g/mol. The van der Waals surface area contributed by atoms with E-state index in [0.29, 0.717) is 11.5 Å². The predicted octanol–water partition coefficient (Wildman–Crippen LogP) is 0.194. The van der Waals surface area contributed by atoms with Gasteiger partial charge in [-0.15, -0.1) is 0 Å². The van der Waals surface area contributed by atoms with Gasteiger partial charge in [0, 0.05) is 14.1 Å². The molecule has 0 N–H and O–H groups in total. The van der Waals surface area contributed by atoms with E-state index in [4.69, 9.17) is 14.2 Å². The number of hydrogen-bond donors (Lipinski definition) is 0. The molecule has 3 rings (SSSR count). The zero-order valence-corrected chi connectivity index (χ0v) is 16.0. The van der Waals surface area contributed by atoms with Crippen molar-refractivity contribution in [1.82, 2.24) is 18.7 Å². The Morgan fingerprint density at radius 3 is 2.46 bits per heavy atom. The summed E-state index contributed by atoms with van der Waals surface area (Å²) >= 11 is 0. The fourth-order valence-electron chi connectivity index (χ4n) is 2.84. The average Bonchev–Trinajstić information content (AvgIpc) is 3.12. The number of fused-ring (bicyclic) bond motifs is 1. The van der Waals surface area contributed by atoms with Crippen molar-refractivity contribution in [2.75, 3.05) is 14.2 Å². The molecule has 0 unspecified atom stereocenters. The van der Waals surface area contributed by atoms with Crippen LogP contribution in [0, 0.1) is 0 Å². The summed E-state index contributed by atoms with van der Waals surface area (Å²) < 4.78 is 19.3. The molecule has 0 spiro atoms. The lowest BCUT2D eigenvalue weighted by Gasteiger charge is -2.10. The number of benzene rings is 1. The number of rotatable bonds is 6. The van der Waals surface area contributed by atoms with Crippen LogP contribution in [0.4, 0.5) is 0 Å². The van der Waals surface area contributed by atoms with E-state index in [-0.39, 0.29) is 24.3 Å². The molecule has 1 aromatic carbocycles. The minimum atomic E-state index is -0.551. The quantitative estimate of drug-likeness (QED) is 0.555. The second kappa shape index (κ2) is 7.59. The lowest BCUT2D eigenvalue weighted by molar-refractivity contribution is -0.145. The molecule has 0 aliphatic rings. The highest BCUT2D eigenvalue weighted by Gasteiger charge is 2.16. The molecule has 0 aliphatic carbocycles. The van der Waals surface area contributed by atoms with Crippen molar-refractivity contribution in [3.05, 3.63) is 50.9 Å². The van der Waals surface area contributed by atoms with Gasteiger partial charge in [-0.1, -0.05) is 6.07 Å². The zero-order valence-electron chi connectivity index (χ0n) is 16.0. The van der Waals surface area contributed by atoms with E-state index < -0.39 is 17.2 Å². The van der Waals surface area contributed by atoms with Gasteiger partial charge in [-0.3, -0.25) is 18.7 Å². The number of imidazole rings is 1. The zero-order chi connectivity index (χ0) is 20.4. The molecule has 2 aromatic heterocycles. The van der Waals surface area contributed by atoms with E-state index in [1.807, 2.05) is 0 Å². The lowest BCUT2D eigenvalue weighted by Crippen LogP contribution is -2.37. The fourth-order valence-corrected chi connectivity index (χ4v) is 2.84. The molecule has 10 nitrogen and oxygen atoms in total. The number of esters is 1. The van der Waals surface area contributed by atoms with Crippen LogP contribution in [-0.2, 0) is 36.8 Å². The Kier molecular flexibility index (Phi) is 5.21. The molecule has 2 heterocycles. The molecule has 148 valence electrons. The predicted molar refractivity (Wildman–Crippen MR) is 99.6 cm³/mol. The number of aryl methyl sites for hydroxylation is 1. The maximum Gasteiger partial charge on any atom is 0.332 e. The van der Waals surface area contributed by atoms with Crippen LogP contribution in [0.3, 0.4) is 0 Å². The molecule has 10 heteroatoms. The van der Waals surface area contributed by atoms with Gasteiger partial charge in [0.2, 0.25) is 0 Å². The summed E-state index contributed by atoms with van der Waals surface area (Å²) in [7, 11) is 5.94. The third kappa shape index (κ3) is 3.36. The van der Waals surface area contributed by atoms with Gasteiger partial charge in [0.1, 0.15) is 13.2 Å². The van der Waals surface area contributed by atoms with Crippen LogP contribution in [0.2, 0.25) is 0 Å². The highest BCUT2D eigenvalue weighted by atomic mass is 16.5. The minimum absolute atomic E-state index is 0.0301. The molecule has 3 aromatic rings. The van der Waals surface area contributed by atoms with Crippen molar-refractivity contribution in [2.24, 2.45) is 14.1 Å². The normalized spacial score (nSPS) is 10.9. The Labute approximate surface area is 159 Å². The van der Waals surface area contributed by atoms with E-state index in [1.54, 1.807) is 18.2 Å². The number of carbonyl (C=O) groups excluding carboxylic acids is 1. The molecule has 0 fully saturated rings. The molecular weight excluding hydrogens is 368 g/mol. The largest absolute Gasteiger partial charge is 0.493 e. The molecule has 0 saturated carbocycles. The Balaban J connectivity index is 1.78. The minimum Gasteiger partial charge on any atom is -0.493 e. The van der Waals surface area contributed by atoms with Crippen molar-refractivity contribution in [2.45, 2.75) is 13.2 Å². The maximum atomic E-state index is 12.4. The van der Waals surface area contributed by atoms with Crippen LogP contribution in [-0.4, -0.2) is 38.9 Å². The first kappa shape index (κ1) is 19.2. The summed E-state index contributed by atoms with van der Waals surface area (Å²) in [5, 5.41) is 0. The van der Waals surface area contributed by atoms with E-state index in [2.05, 4.69) is 4.98 Å². The summed E-state index contributed by atoms with van der Waals surface area (Å²) in [6, 6.07) is 5.19. The van der Waals surface area contributed by atoms with Crippen molar-refractivity contribution < 1.29 is 19.0 Å². The Morgan fingerprint density at radius 2 is 1.79 bits per heavy atom. The van der Waals surface area contributed by atoms with Gasteiger partial charge in [0.25, 0.3) is 5.56 Å². The topological polar surface area (TPSA) is 107 Å². The van der Waals surface area contributed by atoms with Gasteiger partial charge in [-0.05, 0) is 17.7 Å². The number of nitrogens with zero attached hydrogens (tertiary/aromatic N) is 4. The highest BCUT2D eigenvalue weighted by molar-refractivity contribution is 5.75. The molecule has 0 amide bonds. The van der Waals surface area contributed by atoms with Crippen LogP contribution < -0.4 is 20.7 Å². The SMILES string of the molecule is COc1ccc(COC(=O)Cn2cnc3c2c(=O)n(C)c(=O)n3C)cc1OC. The molecule has 0 bridgehead atoms. The van der Waals surface area contributed by atoms with E-state index in [1.165, 1.54) is 43.8 Å². The highest BCUT2D eigenvalue weighted by Crippen LogP contribution is 2.27. The van der Waals surface area contributed by atoms with Gasteiger partial charge >= 0.3 is 11.7 Å². The van der Waals surface area contributed by atoms with Crippen molar-refractivity contribution in [1.29, 1.82) is 0 Å². The number of hydrogen-bond acceptors (Lipinski definition) is 7. The van der Waals surface area contributed by atoms with Crippen LogP contribution >= 0.6 is 0 Å². The maximum absolute atomic E-state index is 12.4. The van der Waals surface area contributed by atoms with Crippen molar-refractivity contribution in [3.8, 4) is 11.5 Å². The average molecular weight is 388 g/mol. The van der Waals surface area contributed by atoms with E-state index in [9.17, 15) is 14.4 Å².